The van der Waals surface area contributed by atoms with Crippen LogP contribution in [0.15, 0.2) is 35.1 Å². The van der Waals surface area contributed by atoms with E-state index in [-0.39, 0.29) is 12.2 Å². The molecule has 0 atom stereocenters. The van der Waals surface area contributed by atoms with Crippen molar-refractivity contribution in [2.24, 2.45) is 5.73 Å². The van der Waals surface area contributed by atoms with Gasteiger partial charge in [0, 0.05) is 38.9 Å². The van der Waals surface area contributed by atoms with E-state index in [1.54, 1.807) is 18.3 Å². The number of aromatic nitrogens is 3. The summed E-state index contributed by atoms with van der Waals surface area (Å²) >= 11 is 0. The van der Waals surface area contributed by atoms with E-state index in [1.165, 1.54) is 10.8 Å². The molecule has 1 aliphatic heterocycles. The van der Waals surface area contributed by atoms with Gasteiger partial charge in [0.05, 0.1) is 6.26 Å². The molecule has 0 radical (unpaired) electrons. The fourth-order valence-corrected chi connectivity index (χ4v) is 3.23. The average Bonchev–Trinajstić information content (AvgIpc) is 3.29. The van der Waals surface area contributed by atoms with Crippen molar-refractivity contribution < 1.29 is 13.6 Å². The van der Waals surface area contributed by atoms with Gasteiger partial charge in [-0.2, -0.15) is 5.10 Å². The van der Waals surface area contributed by atoms with E-state index < -0.39 is 5.91 Å². The van der Waals surface area contributed by atoms with Crippen LogP contribution in [0.2, 0.25) is 0 Å². The van der Waals surface area contributed by atoms with Gasteiger partial charge in [0.15, 0.2) is 11.4 Å². The van der Waals surface area contributed by atoms with Gasteiger partial charge in [0.1, 0.15) is 23.7 Å². The number of alkyl halides is 1. The summed E-state index contributed by atoms with van der Waals surface area (Å²) in [6, 6.07) is 5.29. The number of fused-ring (bicyclic) bond motifs is 1. The molecule has 8 nitrogen and oxygen atoms in total. The summed E-state index contributed by atoms with van der Waals surface area (Å²) in [4.78, 5) is 20.8. The Kier molecular flexibility index (Phi) is 4.29. The van der Waals surface area contributed by atoms with Crippen LogP contribution in [0.4, 0.5) is 10.2 Å². The zero-order chi connectivity index (χ0) is 18.1. The van der Waals surface area contributed by atoms with Crippen LogP contribution in [-0.2, 0) is 0 Å². The van der Waals surface area contributed by atoms with Crippen molar-refractivity contribution in [3.63, 3.8) is 0 Å². The zero-order valence-corrected chi connectivity index (χ0v) is 14.1. The van der Waals surface area contributed by atoms with Gasteiger partial charge in [0.25, 0.3) is 5.91 Å². The normalized spacial score (nSPS) is 15.7. The van der Waals surface area contributed by atoms with E-state index in [4.69, 9.17) is 10.2 Å². The van der Waals surface area contributed by atoms with Crippen molar-refractivity contribution in [2.45, 2.75) is 0 Å². The van der Waals surface area contributed by atoms with E-state index in [2.05, 4.69) is 19.9 Å². The lowest BCUT2D eigenvalue weighted by Gasteiger charge is -2.34. The Morgan fingerprint density at radius 3 is 2.73 bits per heavy atom. The maximum absolute atomic E-state index is 12.5. The molecule has 4 heterocycles. The van der Waals surface area contributed by atoms with Gasteiger partial charge in [0.2, 0.25) is 0 Å². The Labute approximate surface area is 149 Å². The average molecular weight is 358 g/mol. The van der Waals surface area contributed by atoms with Gasteiger partial charge in [-0.05, 0) is 18.2 Å². The van der Waals surface area contributed by atoms with Crippen molar-refractivity contribution in [1.82, 2.24) is 19.5 Å². The number of hydrogen-bond donors (Lipinski definition) is 1. The first-order valence-electron chi connectivity index (χ1n) is 8.43. The second-order valence-corrected chi connectivity index (χ2v) is 6.14. The zero-order valence-electron chi connectivity index (χ0n) is 14.1. The lowest BCUT2D eigenvalue weighted by Crippen LogP contribution is -2.47. The number of halogens is 1. The maximum atomic E-state index is 12.5. The highest BCUT2D eigenvalue weighted by Crippen LogP contribution is 2.26. The molecule has 1 aliphatic rings. The van der Waals surface area contributed by atoms with Crippen LogP contribution in [0.25, 0.3) is 17.1 Å². The lowest BCUT2D eigenvalue weighted by molar-refractivity contribution is 0.100. The molecule has 0 aliphatic carbocycles. The van der Waals surface area contributed by atoms with Crippen LogP contribution in [0.1, 0.15) is 10.4 Å². The maximum Gasteiger partial charge on any atom is 0.254 e. The molecular formula is C17H19FN6O2. The van der Waals surface area contributed by atoms with Crippen LogP contribution in [0, 0.1) is 0 Å². The quantitative estimate of drug-likeness (QED) is 0.736. The minimum absolute atomic E-state index is 0.234. The first-order chi connectivity index (χ1) is 12.7. The predicted molar refractivity (Wildman–Crippen MR) is 93.8 cm³/mol. The van der Waals surface area contributed by atoms with E-state index in [0.29, 0.717) is 23.6 Å². The molecule has 1 fully saturated rings. The molecule has 3 aromatic rings. The van der Waals surface area contributed by atoms with E-state index in [9.17, 15) is 9.18 Å². The largest absolute Gasteiger partial charge is 0.463 e. The molecule has 26 heavy (non-hydrogen) atoms. The van der Waals surface area contributed by atoms with Gasteiger partial charge in [-0.15, -0.1) is 0 Å². The number of primary amides is 1. The molecule has 1 saturated heterocycles. The fraction of sp³-hybridized carbons (Fsp3) is 0.353. The number of furan rings is 1. The smallest absolute Gasteiger partial charge is 0.254 e. The third-order valence-electron chi connectivity index (χ3n) is 4.57. The van der Waals surface area contributed by atoms with Gasteiger partial charge in [-0.25, -0.2) is 13.9 Å². The monoisotopic (exact) mass is 358 g/mol. The number of anilines is 1. The van der Waals surface area contributed by atoms with Gasteiger partial charge in [-0.3, -0.25) is 9.69 Å². The summed E-state index contributed by atoms with van der Waals surface area (Å²) in [7, 11) is 0. The molecular weight excluding hydrogens is 339 g/mol. The highest BCUT2D eigenvalue weighted by atomic mass is 19.1. The summed E-state index contributed by atoms with van der Waals surface area (Å²) in [5, 5.41) is 4.39. The molecule has 2 N–H and O–H groups in total. The summed E-state index contributed by atoms with van der Waals surface area (Å²) in [6.45, 7) is 3.16. The van der Waals surface area contributed by atoms with Crippen molar-refractivity contribution in [3.8, 4) is 11.5 Å². The second-order valence-electron chi connectivity index (χ2n) is 6.14. The highest BCUT2D eigenvalue weighted by Gasteiger charge is 2.24. The van der Waals surface area contributed by atoms with Crippen molar-refractivity contribution in [1.29, 1.82) is 0 Å². The molecule has 1 amide bonds. The number of carbonyl (C=O) groups is 1. The van der Waals surface area contributed by atoms with Crippen LogP contribution < -0.4 is 10.6 Å². The predicted octanol–water partition coefficient (Wildman–Crippen LogP) is 1.18. The van der Waals surface area contributed by atoms with E-state index >= 15 is 0 Å². The SMILES string of the molecule is NC(=O)c1c(-c2ccco2)nn2ccc(N3CCN(CCF)CC3)nc12. The highest BCUT2D eigenvalue weighted by molar-refractivity contribution is 6.04. The van der Waals surface area contributed by atoms with Crippen molar-refractivity contribution in [3.05, 3.63) is 36.2 Å². The Morgan fingerprint density at radius 2 is 2.08 bits per heavy atom. The van der Waals surface area contributed by atoms with Crippen molar-refractivity contribution >= 4 is 17.4 Å². The molecule has 136 valence electrons. The third-order valence-corrected chi connectivity index (χ3v) is 4.57. The molecule has 0 unspecified atom stereocenters. The number of nitrogens with two attached hydrogens (primary N) is 1. The third kappa shape index (κ3) is 2.90. The van der Waals surface area contributed by atoms with Crippen molar-refractivity contribution in [2.75, 3.05) is 44.3 Å². The summed E-state index contributed by atoms with van der Waals surface area (Å²) in [5.74, 6) is 0.597. The Hall–Kier alpha value is -2.94. The number of piperazine rings is 1. The van der Waals surface area contributed by atoms with Gasteiger partial charge in [-0.1, -0.05) is 0 Å². The summed E-state index contributed by atoms with van der Waals surface area (Å²) < 4.78 is 19.4. The van der Waals surface area contributed by atoms with E-state index in [0.717, 1.165) is 32.0 Å². The Bertz CT molecular complexity index is 915. The minimum Gasteiger partial charge on any atom is -0.463 e. The Balaban J connectivity index is 1.69. The molecule has 4 rings (SSSR count). The number of hydrogen-bond acceptors (Lipinski definition) is 6. The first kappa shape index (κ1) is 16.5. The van der Waals surface area contributed by atoms with Crippen LogP contribution >= 0.6 is 0 Å². The number of nitrogens with zero attached hydrogens (tertiary/aromatic N) is 5. The Morgan fingerprint density at radius 1 is 1.27 bits per heavy atom. The van der Waals surface area contributed by atoms with Gasteiger partial charge < -0.3 is 15.1 Å². The summed E-state index contributed by atoms with van der Waals surface area (Å²) in [6.07, 6.45) is 3.27. The molecule has 9 heteroatoms. The van der Waals surface area contributed by atoms with Gasteiger partial charge >= 0.3 is 0 Å². The topological polar surface area (TPSA) is 92.9 Å². The number of amides is 1. The summed E-state index contributed by atoms with van der Waals surface area (Å²) in [5.41, 5.74) is 6.59. The molecule has 0 bridgehead atoms. The van der Waals surface area contributed by atoms with E-state index in [1.807, 2.05) is 6.07 Å². The molecule has 0 saturated carbocycles. The second kappa shape index (κ2) is 6.75. The molecule has 0 aromatic carbocycles. The van der Waals surface area contributed by atoms with Crippen LogP contribution in [0.3, 0.4) is 0 Å². The van der Waals surface area contributed by atoms with Crippen LogP contribution in [0.5, 0.6) is 0 Å². The number of rotatable bonds is 5. The first-order valence-corrected chi connectivity index (χ1v) is 8.43. The lowest BCUT2D eigenvalue weighted by atomic mass is 10.2. The number of carbonyl (C=O) groups excluding carboxylic acids is 1. The molecule has 3 aromatic heterocycles. The molecule has 0 spiro atoms. The standard InChI is InChI=1S/C17H19FN6O2/c18-4-6-22-7-9-23(10-8-22)13-3-5-24-17(20-13)14(16(19)25)15(21-24)12-2-1-11-26-12/h1-3,5,11H,4,6-10H2,(H2,19,25). The fourth-order valence-electron chi connectivity index (χ4n) is 3.23. The minimum atomic E-state index is -0.608. The van der Waals surface area contributed by atoms with Crippen LogP contribution in [-0.4, -0.2) is 64.8 Å².